The average Bonchev–Trinajstić information content (AvgIpc) is 3.27. The van der Waals surface area contributed by atoms with Crippen molar-refractivity contribution in [2.24, 2.45) is 0 Å². The number of carbonyl (C=O) groups is 1. The van der Waals surface area contributed by atoms with Crippen molar-refractivity contribution in [3.05, 3.63) is 34.9 Å². The van der Waals surface area contributed by atoms with Gasteiger partial charge in [-0.05, 0) is 24.3 Å². The second-order valence-corrected chi connectivity index (χ2v) is 8.53. The maximum absolute atomic E-state index is 13.2. The van der Waals surface area contributed by atoms with Crippen molar-refractivity contribution in [3.8, 4) is 23.0 Å². The van der Waals surface area contributed by atoms with Crippen LogP contribution in [0.1, 0.15) is 10.4 Å². The van der Waals surface area contributed by atoms with Crippen LogP contribution in [-0.4, -0.2) is 70.4 Å². The van der Waals surface area contributed by atoms with Gasteiger partial charge in [0.15, 0.2) is 22.4 Å². The van der Waals surface area contributed by atoms with Gasteiger partial charge in [-0.25, -0.2) is 4.98 Å². The van der Waals surface area contributed by atoms with Crippen LogP contribution in [0.5, 0.6) is 23.0 Å². The predicted octanol–water partition coefficient (Wildman–Crippen LogP) is 3.95. The average molecular weight is 478 g/mol. The lowest BCUT2D eigenvalue weighted by atomic mass is 10.1. The Balaban J connectivity index is 1.50. The van der Waals surface area contributed by atoms with Crippen molar-refractivity contribution in [1.82, 2.24) is 9.88 Å². The van der Waals surface area contributed by atoms with Crippen LogP contribution in [0.25, 0.3) is 10.2 Å². The van der Waals surface area contributed by atoms with Gasteiger partial charge in [-0.3, -0.25) is 4.79 Å². The summed E-state index contributed by atoms with van der Waals surface area (Å²) in [5, 5.41) is 1.43. The van der Waals surface area contributed by atoms with Crippen LogP contribution >= 0.6 is 22.9 Å². The van der Waals surface area contributed by atoms with Gasteiger partial charge < -0.3 is 28.7 Å². The fourth-order valence-electron chi connectivity index (χ4n) is 3.75. The first-order chi connectivity index (χ1) is 15.5. The molecular weight excluding hydrogens is 454 g/mol. The van der Waals surface area contributed by atoms with E-state index in [0.717, 1.165) is 15.3 Å². The number of amides is 1. The van der Waals surface area contributed by atoms with Crippen molar-refractivity contribution in [2.45, 2.75) is 0 Å². The number of ether oxygens (including phenoxy) is 4. The Morgan fingerprint density at radius 1 is 0.938 bits per heavy atom. The number of nitrogens with zero attached hydrogens (tertiary/aromatic N) is 3. The third-order valence-electron chi connectivity index (χ3n) is 5.41. The zero-order valence-corrected chi connectivity index (χ0v) is 19.9. The van der Waals surface area contributed by atoms with E-state index >= 15 is 0 Å². The molecule has 1 aliphatic heterocycles. The number of aromatic nitrogens is 1. The van der Waals surface area contributed by atoms with Gasteiger partial charge in [-0.15, -0.1) is 0 Å². The molecule has 0 saturated carbocycles. The van der Waals surface area contributed by atoms with Crippen molar-refractivity contribution in [3.63, 3.8) is 0 Å². The molecule has 1 aliphatic rings. The molecule has 0 aliphatic carbocycles. The summed E-state index contributed by atoms with van der Waals surface area (Å²) in [7, 11) is 6.19. The first-order valence-corrected chi connectivity index (χ1v) is 11.2. The number of hydrogen-bond donors (Lipinski definition) is 0. The van der Waals surface area contributed by atoms with E-state index in [-0.39, 0.29) is 5.91 Å². The summed E-state index contributed by atoms with van der Waals surface area (Å²) in [5.41, 5.74) is 1.25. The third kappa shape index (κ3) is 3.98. The summed E-state index contributed by atoms with van der Waals surface area (Å²) in [6.45, 7) is 2.49. The monoisotopic (exact) mass is 477 g/mol. The maximum Gasteiger partial charge on any atom is 0.254 e. The minimum absolute atomic E-state index is 0.0818. The number of methoxy groups -OCH3 is 4. The van der Waals surface area contributed by atoms with Crippen molar-refractivity contribution >= 4 is 44.2 Å². The molecule has 2 aromatic carbocycles. The van der Waals surface area contributed by atoms with E-state index in [2.05, 4.69) is 4.90 Å². The lowest BCUT2D eigenvalue weighted by Gasteiger charge is -2.34. The van der Waals surface area contributed by atoms with Gasteiger partial charge in [0.05, 0.1) is 38.2 Å². The Bertz CT molecular complexity index is 1120. The van der Waals surface area contributed by atoms with E-state index in [4.69, 9.17) is 35.5 Å². The number of anilines is 1. The Morgan fingerprint density at radius 2 is 1.56 bits per heavy atom. The first kappa shape index (κ1) is 22.3. The van der Waals surface area contributed by atoms with Crippen LogP contribution in [-0.2, 0) is 0 Å². The molecule has 2 heterocycles. The summed E-state index contributed by atoms with van der Waals surface area (Å²) in [5.74, 6) is 1.87. The smallest absolute Gasteiger partial charge is 0.254 e. The molecule has 0 unspecified atom stereocenters. The SMILES string of the molecule is COc1cc(C(=O)N2CCN(c3nc4c(OC)c(Cl)ccc4s3)CC2)cc(OC)c1OC. The molecule has 8 nitrogen and oxygen atoms in total. The van der Waals surface area contributed by atoms with Crippen LogP contribution in [0, 0.1) is 0 Å². The van der Waals surface area contributed by atoms with Gasteiger partial charge in [0, 0.05) is 31.7 Å². The lowest BCUT2D eigenvalue weighted by Crippen LogP contribution is -2.48. The second-order valence-electron chi connectivity index (χ2n) is 7.12. The van der Waals surface area contributed by atoms with Gasteiger partial charge in [0.1, 0.15) is 5.52 Å². The van der Waals surface area contributed by atoms with Gasteiger partial charge in [0.2, 0.25) is 5.75 Å². The number of rotatable bonds is 6. The zero-order chi connectivity index (χ0) is 22.8. The molecule has 0 N–H and O–H groups in total. The first-order valence-electron chi connectivity index (χ1n) is 9.98. The summed E-state index contributed by atoms with van der Waals surface area (Å²) >= 11 is 7.82. The minimum atomic E-state index is -0.0818. The van der Waals surface area contributed by atoms with E-state index < -0.39 is 0 Å². The summed E-state index contributed by atoms with van der Waals surface area (Å²) in [4.78, 5) is 21.9. The number of fused-ring (bicyclic) bond motifs is 1. The van der Waals surface area contributed by atoms with Crippen LogP contribution in [0.15, 0.2) is 24.3 Å². The fourth-order valence-corrected chi connectivity index (χ4v) is 5.00. The van der Waals surface area contributed by atoms with Gasteiger partial charge in [-0.1, -0.05) is 22.9 Å². The lowest BCUT2D eigenvalue weighted by molar-refractivity contribution is 0.0746. The highest BCUT2D eigenvalue weighted by Crippen LogP contribution is 2.40. The second kappa shape index (κ2) is 9.30. The minimum Gasteiger partial charge on any atom is -0.493 e. The molecule has 1 fully saturated rings. The molecule has 32 heavy (non-hydrogen) atoms. The highest BCUT2D eigenvalue weighted by molar-refractivity contribution is 7.22. The molecular formula is C22H24ClN3O5S. The molecule has 1 saturated heterocycles. The topological polar surface area (TPSA) is 73.4 Å². The largest absolute Gasteiger partial charge is 0.493 e. The van der Waals surface area contributed by atoms with E-state index in [1.54, 1.807) is 30.6 Å². The zero-order valence-electron chi connectivity index (χ0n) is 18.3. The molecule has 3 aromatic rings. The quantitative estimate of drug-likeness (QED) is 0.532. The summed E-state index contributed by atoms with van der Waals surface area (Å²) in [6, 6.07) is 7.13. The van der Waals surface area contributed by atoms with Crippen molar-refractivity contribution in [2.75, 3.05) is 59.5 Å². The highest BCUT2D eigenvalue weighted by atomic mass is 35.5. The number of piperazine rings is 1. The van der Waals surface area contributed by atoms with E-state index in [1.165, 1.54) is 21.3 Å². The maximum atomic E-state index is 13.2. The van der Waals surface area contributed by atoms with Gasteiger partial charge in [0.25, 0.3) is 5.91 Å². The third-order valence-corrected chi connectivity index (χ3v) is 6.79. The molecule has 1 amide bonds. The van der Waals surface area contributed by atoms with E-state index in [9.17, 15) is 4.79 Å². The molecule has 0 bridgehead atoms. The fraction of sp³-hybridized carbons (Fsp3) is 0.364. The van der Waals surface area contributed by atoms with Crippen molar-refractivity contribution < 1.29 is 23.7 Å². The molecule has 0 atom stereocenters. The normalized spacial score (nSPS) is 13.9. The molecule has 0 spiro atoms. The van der Waals surface area contributed by atoms with Gasteiger partial charge in [-0.2, -0.15) is 0 Å². The Kier molecular flexibility index (Phi) is 6.48. The predicted molar refractivity (Wildman–Crippen MR) is 125 cm³/mol. The van der Waals surface area contributed by atoms with Crippen LogP contribution in [0.3, 0.4) is 0 Å². The van der Waals surface area contributed by atoms with Crippen molar-refractivity contribution in [1.29, 1.82) is 0 Å². The molecule has 0 radical (unpaired) electrons. The number of hydrogen-bond acceptors (Lipinski definition) is 8. The van der Waals surface area contributed by atoms with Crippen LogP contribution in [0.4, 0.5) is 5.13 Å². The Labute approximate surface area is 195 Å². The number of benzene rings is 2. The van der Waals surface area contributed by atoms with Crippen LogP contribution < -0.4 is 23.8 Å². The molecule has 1 aromatic heterocycles. The standard InChI is InChI=1S/C22H24ClN3O5S/c1-28-15-11-13(12-16(29-2)20(15)31-4)21(27)25-7-9-26(10-8-25)22-24-18-17(32-22)6-5-14(23)19(18)30-3/h5-6,11-12H,7-10H2,1-4H3. The number of thiazole rings is 1. The van der Waals surface area contributed by atoms with Crippen LogP contribution in [0.2, 0.25) is 5.02 Å². The Morgan fingerprint density at radius 3 is 2.12 bits per heavy atom. The highest BCUT2D eigenvalue weighted by Gasteiger charge is 2.26. The summed E-state index contributed by atoms with van der Waals surface area (Å²) < 4.78 is 22.5. The number of halogens is 1. The van der Waals surface area contributed by atoms with Gasteiger partial charge >= 0.3 is 0 Å². The summed E-state index contributed by atoms with van der Waals surface area (Å²) in [6.07, 6.45) is 0. The molecule has 4 rings (SSSR count). The molecule has 10 heteroatoms. The molecule has 170 valence electrons. The van der Waals surface area contributed by atoms with E-state index in [1.807, 2.05) is 17.0 Å². The van der Waals surface area contributed by atoms with E-state index in [0.29, 0.717) is 59.8 Å². The number of carbonyl (C=O) groups excluding carboxylic acids is 1. The Hall–Kier alpha value is -2.91.